The lowest BCUT2D eigenvalue weighted by Gasteiger charge is -2.40. The minimum absolute atomic E-state index is 0.186. The fraction of sp³-hybridized carbons (Fsp3) is 0.862. The number of ether oxygens (including phenoxy) is 2. The van der Waals surface area contributed by atoms with E-state index in [1.54, 1.807) is 6.08 Å². The van der Waals surface area contributed by atoms with E-state index in [-0.39, 0.29) is 12.5 Å². The van der Waals surface area contributed by atoms with Crippen LogP contribution in [0.15, 0.2) is 48.6 Å². The van der Waals surface area contributed by atoms with E-state index in [0.29, 0.717) is 6.42 Å². The molecule has 9 nitrogen and oxygen atoms in total. The van der Waals surface area contributed by atoms with Gasteiger partial charge in [-0.25, -0.2) is 0 Å². The fourth-order valence-electron chi connectivity index (χ4n) is 10.1. The van der Waals surface area contributed by atoms with Crippen LogP contribution in [0.4, 0.5) is 0 Å². The Balaban J connectivity index is 2.17. The smallest absolute Gasteiger partial charge is 0.220 e. The highest BCUT2D eigenvalue weighted by Crippen LogP contribution is 2.23. The summed E-state index contributed by atoms with van der Waals surface area (Å²) in [4.78, 5) is 13.1. The van der Waals surface area contributed by atoms with Gasteiger partial charge in [0.1, 0.15) is 24.4 Å². The van der Waals surface area contributed by atoms with Crippen LogP contribution in [0.5, 0.6) is 0 Å². The Hall–Kier alpha value is -1.85. The molecule has 1 aliphatic heterocycles. The van der Waals surface area contributed by atoms with Crippen LogP contribution < -0.4 is 5.32 Å². The van der Waals surface area contributed by atoms with Crippen LogP contribution in [-0.4, -0.2) is 87.5 Å². The molecule has 0 aromatic carbocycles. The first-order valence-electron chi connectivity index (χ1n) is 31.9. The van der Waals surface area contributed by atoms with Crippen LogP contribution in [0.2, 0.25) is 0 Å². The van der Waals surface area contributed by atoms with Crippen molar-refractivity contribution in [1.29, 1.82) is 0 Å². The zero-order valence-corrected chi connectivity index (χ0v) is 48.4. The second kappa shape index (κ2) is 54.5. The molecule has 0 aromatic rings. The van der Waals surface area contributed by atoms with Gasteiger partial charge in [-0.1, -0.05) is 274 Å². The van der Waals surface area contributed by atoms with Gasteiger partial charge in [-0.2, -0.15) is 0 Å². The number of unbranched alkanes of at least 4 members (excludes halogenated alkanes) is 39. The largest absolute Gasteiger partial charge is 0.394 e. The molecule has 0 radical (unpaired) electrons. The molecule has 1 fully saturated rings. The van der Waals surface area contributed by atoms with Gasteiger partial charge >= 0.3 is 0 Å². The molecule has 434 valence electrons. The number of aliphatic hydroxyl groups is 5. The maximum Gasteiger partial charge on any atom is 0.220 e. The summed E-state index contributed by atoms with van der Waals surface area (Å²) in [7, 11) is 0. The van der Waals surface area contributed by atoms with Crippen molar-refractivity contribution in [3.05, 3.63) is 48.6 Å². The predicted octanol–water partition coefficient (Wildman–Crippen LogP) is 16.5. The Morgan fingerprint density at radius 3 is 1.14 bits per heavy atom. The highest BCUT2D eigenvalue weighted by atomic mass is 16.7. The number of carbonyl (C=O) groups is 1. The molecule has 0 aromatic heterocycles. The molecule has 1 saturated heterocycles. The number of carbonyl (C=O) groups excluding carboxylic acids is 1. The summed E-state index contributed by atoms with van der Waals surface area (Å²) in [6, 6.07) is -0.828. The first-order chi connectivity index (χ1) is 36.3. The molecular formula is C65H121NO8. The van der Waals surface area contributed by atoms with E-state index in [1.165, 1.54) is 238 Å². The number of allylic oxidation sites excluding steroid dienone is 7. The average molecular weight is 1040 g/mol. The van der Waals surface area contributed by atoms with Crippen molar-refractivity contribution in [3.8, 4) is 0 Å². The van der Waals surface area contributed by atoms with Crippen molar-refractivity contribution in [2.75, 3.05) is 13.2 Å². The molecule has 0 aliphatic carbocycles. The first-order valence-corrected chi connectivity index (χ1v) is 31.9. The van der Waals surface area contributed by atoms with Crippen LogP contribution >= 0.6 is 0 Å². The molecular weight excluding hydrogens is 923 g/mol. The molecule has 0 saturated carbocycles. The summed E-state index contributed by atoms with van der Waals surface area (Å²) >= 11 is 0. The Morgan fingerprint density at radius 2 is 0.770 bits per heavy atom. The molecule has 1 amide bonds. The quantitative estimate of drug-likeness (QED) is 0.0261. The molecule has 7 unspecified atom stereocenters. The highest BCUT2D eigenvalue weighted by Gasteiger charge is 2.44. The maximum absolute atomic E-state index is 13.1. The number of nitrogens with one attached hydrogen (secondary N) is 1. The van der Waals surface area contributed by atoms with E-state index < -0.39 is 49.5 Å². The monoisotopic (exact) mass is 1040 g/mol. The third-order valence-corrected chi connectivity index (χ3v) is 15.1. The van der Waals surface area contributed by atoms with E-state index in [4.69, 9.17) is 9.47 Å². The molecule has 0 bridgehead atoms. The SMILES string of the molecule is CCCCCCCCCC/C=C\CCCCCCCCCCCCCCCCCCCCCC(=O)NC(COC1OC(CO)C(O)C(O)C1O)C(O)/C=C/CC/C=C/CC/C=C/CCCCCCCCCCCC. The minimum atomic E-state index is -1.58. The van der Waals surface area contributed by atoms with Crippen molar-refractivity contribution < 1.29 is 39.8 Å². The van der Waals surface area contributed by atoms with Gasteiger partial charge in [0, 0.05) is 6.42 Å². The lowest BCUT2D eigenvalue weighted by atomic mass is 9.99. The van der Waals surface area contributed by atoms with Gasteiger partial charge in [0.15, 0.2) is 6.29 Å². The summed E-state index contributed by atoms with van der Waals surface area (Å²) in [5.41, 5.74) is 0. The topological polar surface area (TPSA) is 149 Å². The maximum atomic E-state index is 13.1. The van der Waals surface area contributed by atoms with Crippen molar-refractivity contribution in [3.63, 3.8) is 0 Å². The van der Waals surface area contributed by atoms with Crippen molar-refractivity contribution in [2.45, 2.75) is 346 Å². The number of amides is 1. The Kier molecular flexibility index (Phi) is 51.7. The molecule has 6 N–H and O–H groups in total. The van der Waals surface area contributed by atoms with Gasteiger partial charge in [-0.05, 0) is 70.6 Å². The number of hydrogen-bond acceptors (Lipinski definition) is 8. The molecule has 74 heavy (non-hydrogen) atoms. The van der Waals surface area contributed by atoms with Crippen LogP contribution in [-0.2, 0) is 14.3 Å². The van der Waals surface area contributed by atoms with Crippen molar-refractivity contribution in [2.24, 2.45) is 0 Å². The molecule has 0 spiro atoms. The second-order valence-corrected chi connectivity index (χ2v) is 22.2. The van der Waals surface area contributed by atoms with E-state index in [2.05, 4.69) is 55.6 Å². The van der Waals surface area contributed by atoms with Gasteiger partial charge < -0.3 is 40.3 Å². The number of aliphatic hydroxyl groups excluding tert-OH is 5. The third kappa shape index (κ3) is 43.2. The van der Waals surface area contributed by atoms with Gasteiger partial charge in [-0.15, -0.1) is 0 Å². The second-order valence-electron chi connectivity index (χ2n) is 22.2. The Bertz CT molecular complexity index is 1300. The molecule has 1 rings (SSSR count). The van der Waals surface area contributed by atoms with Gasteiger partial charge in [0.2, 0.25) is 5.91 Å². The van der Waals surface area contributed by atoms with Crippen molar-refractivity contribution >= 4 is 5.91 Å². The van der Waals surface area contributed by atoms with Crippen LogP contribution in [0.25, 0.3) is 0 Å². The third-order valence-electron chi connectivity index (χ3n) is 15.1. The lowest BCUT2D eigenvalue weighted by Crippen LogP contribution is -2.60. The van der Waals surface area contributed by atoms with Crippen LogP contribution in [0.1, 0.15) is 303 Å². The first kappa shape index (κ1) is 70.2. The molecule has 1 heterocycles. The van der Waals surface area contributed by atoms with E-state index in [1.807, 2.05) is 6.08 Å². The summed E-state index contributed by atoms with van der Waals surface area (Å²) in [6.07, 6.45) is 66.3. The summed E-state index contributed by atoms with van der Waals surface area (Å²) in [5.74, 6) is -0.186. The Morgan fingerprint density at radius 1 is 0.446 bits per heavy atom. The van der Waals surface area contributed by atoms with Gasteiger partial charge in [0.25, 0.3) is 0 Å². The molecule has 7 atom stereocenters. The minimum Gasteiger partial charge on any atom is -0.394 e. The average Bonchev–Trinajstić information content (AvgIpc) is 3.40. The van der Waals surface area contributed by atoms with Crippen molar-refractivity contribution in [1.82, 2.24) is 5.32 Å². The zero-order chi connectivity index (χ0) is 53.6. The standard InChI is InChI=1S/C65H121NO8/c1-3-5-7-9-11-13-15-17-19-21-23-25-26-27-28-29-30-31-32-33-34-35-37-39-41-43-45-47-49-51-53-55-61(69)66-58(57-73-65-64(72)63(71)62(70)60(56-67)74-65)59(68)54-52-50-48-46-44-42-40-38-36-24-22-20-18-16-14-12-10-8-6-4-2/h21,23,36,38,44,46,52,54,58-60,62-65,67-68,70-72H,3-20,22,24-35,37,39-43,45,47-51,53,55-57H2,1-2H3,(H,66,69)/b23-21-,38-36+,46-44+,54-52+. The zero-order valence-electron chi connectivity index (χ0n) is 48.4. The highest BCUT2D eigenvalue weighted by molar-refractivity contribution is 5.76. The van der Waals surface area contributed by atoms with Gasteiger partial charge in [-0.3, -0.25) is 4.79 Å². The molecule has 1 aliphatic rings. The van der Waals surface area contributed by atoms with E-state index >= 15 is 0 Å². The number of hydrogen-bond donors (Lipinski definition) is 6. The summed E-state index contributed by atoms with van der Waals surface area (Å²) < 4.78 is 11.3. The summed E-state index contributed by atoms with van der Waals surface area (Å²) in [6.45, 7) is 3.79. The normalized spacial score (nSPS) is 19.3. The number of rotatable bonds is 55. The van der Waals surface area contributed by atoms with Crippen LogP contribution in [0.3, 0.4) is 0 Å². The molecule has 9 heteroatoms. The van der Waals surface area contributed by atoms with Crippen LogP contribution in [0, 0.1) is 0 Å². The Labute approximate surface area is 456 Å². The predicted molar refractivity (Wildman–Crippen MR) is 313 cm³/mol. The van der Waals surface area contributed by atoms with E-state index in [0.717, 1.165) is 44.9 Å². The lowest BCUT2D eigenvalue weighted by molar-refractivity contribution is -0.302. The van der Waals surface area contributed by atoms with E-state index in [9.17, 15) is 30.3 Å². The van der Waals surface area contributed by atoms with Gasteiger partial charge in [0.05, 0.1) is 25.4 Å². The summed E-state index contributed by atoms with van der Waals surface area (Å²) in [5, 5.41) is 54.6. The fourth-order valence-corrected chi connectivity index (χ4v) is 10.1.